The van der Waals surface area contributed by atoms with Gasteiger partial charge in [-0.05, 0) is 69.6 Å². The lowest BCUT2D eigenvalue weighted by molar-refractivity contribution is -0.198. The molecule has 0 unspecified atom stereocenters. The lowest BCUT2D eigenvalue weighted by Gasteiger charge is -2.58. The molecule has 0 amide bonds. The quantitative estimate of drug-likeness (QED) is 0.541. The van der Waals surface area contributed by atoms with Crippen LogP contribution in [0, 0.1) is 23.7 Å². The first kappa shape index (κ1) is 11.3. The van der Waals surface area contributed by atoms with Gasteiger partial charge in [-0.15, -0.1) is 0 Å². The topological polar surface area (TPSA) is 26.3 Å². The second-order valence-corrected chi connectivity index (χ2v) is 6.41. The zero-order chi connectivity index (χ0) is 12.0. The van der Waals surface area contributed by atoms with Gasteiger partial charge >= 0.3 is 5.97 Å². The van der Waals surface area contributed by atoms with Crippen molar-refractivity contribution in [2.45, 2.75) is 51.6 Å². The van der Waals surface area contributed by atoms with Crippen LogP contribution in [0.2, 0.25) is 0 Å². The Bertz CT molecular complexity index is 328. The minimum atomic E-state index is -0.177. The summed E-state index contributed by atoms with van der Waals surface area (Å²) in [5.41, 5.74) is -0.177. The molecule has 0 saturated heterocycles. The minimum Gasteiger partial charge on any atom is -0.456 e. The molecular formula is C15H22O2. The summed E-state index contributed by atoms with van der Waals surface area (Å²) in [6, 6.07) is 0. The maximum Gasteiger partial charge on any atom is 0.330 e. The monoisotopic (exact) mass is 234 g/mol. The standard InChI is InChI=1S/C15H22O2/c1-3-4-14(16)17-15(2)12-6-10-5-11(8-12)9-13(15)7-10/h3-4,10-13H,5-9H2,1-2H3. The van der Waals surface area contributed by atoms with Gasteiger partial charge in [0.2, 0.25) is 0 Å². The maximum absolute atomic E-state index is 11.7. The molecule has 0 heterocycles. The van der Waals surface area contributed by atoms with E-state index in [1.807, 2.05) is 6.92 Å². The molecule has 0 atom stereocenters. The summed E-state index contributed by atoms with van der Waals surface area (Å²) in [5, 5.41) is 0. The van der Waals surface area contributed by atoms with Crippen LogP contribution < -0.4 is 0 Å². The van der Waals surface area contributed by atoms with Crippen LogP contribution >= 0.6 is 0 Å². The number of rotatable bonds is 2. The second-order valence-electron chi connectivity index (χ2n) is 6.41. The molecule has 4 rings (SSSR count). The third-order valence-corrected chi connectivity index (χ3v) is 5.38. The molecule has 4 bridgehead atoms. The van der Waals surface area contributed by atoms with Crippen molar-refractivity contribution in [1.82, 2.24) is 0 Å². The average molecular weight is 234 g/mol. The van der Waals surface area contributed by atoms with Gasteiger partial charge in [-0.25, -0.2) is 4.79 Å². The zero-order valence-corrected chi connectivity index (χ0v) is 10.8. The van der Waals surface area contributed by atoms with E-state index in [4.69, 9.17) is 4.74 Å². The van der Waals surface area contributed by atoms with E-state index in [1.165, 1.54) is 32.1 Å². The van der Waals surface area contributed by atoms with Crippen molar-refractivity contribution in [2.75, 3.05) is 0 Å². The van der Waals surface area contributed by atoms with E-state index >= 15 is 0 Å². The fraction of sp³-hybridized carbons (Fsp3) is 0.800. The van der Waals surface area contributed by atoms with Gasteiger partial charge in [-0.2, -0.15) is 0 Å². The van der Waals surface area contributed by atoms with Gasteiger partial charge in [0.05, 0.1) is 0 Å². The van der Waals surface area contributed by atoms with Crippen LogP contribution in [0.25, 0.3) is 0 Å². The summed E-state index contributed by atoms with van der Waals surface area (Å²) >= 11 is 0. The van der Waals surface area contributed by atoms with Crippen LogP contribution in [-0.4, -0.2) is 11.6 Å². The number of allylic oxidation sites excluding steroid dienone is 1. The summed E-state index contributed by atoms with van der Waals surface area (Å²) in [7, 11) is 0. The third kappa shape index (κ3) is 1.73. The van der Waals surface area contributed by atoms with Crippen molar-refractivity contribution in [3.8, 4) is 0 Å². The lowest BCUT2D eigenvalue weighted by Crippen LogP contribution is -2.57. The van der Waals surface area contributed by atoms with E-state index in [9.17, 15) is 4.79 Å². The van der Waals surface area contributed by atoms with Crippen molar-refractivity contribution in [1.29, 1.82) is 0 Å². The minimum absolute atomic E-state index is 0.150. The molecule has 0 aromatic carbocycles. The van der Waals surface area contributed by atoms with E-state index in [2.05, 4.69) is 6.92 Å². The third-order valence-electron chi connectivity index (χ3n) is 5.38. The largest absolute Gasteiger partial charge is 0.456 e. The lowest BCUT2D eigenvalue weighted by atomic mass is 9.50. The molecule has 4 fully saturated rings. The van der Waals surface area contributed by atoms with Crippen molar-refractivity contribution in [3.63, 3.8) is 0 Å². The normalized spacial score (nSPS) is 47.6. The molecule has 0 spiro atoms. The molecule has 0 aromatic rings. The van der Waals surface area contributed by atoms with Gasteiger partial charge in [-0.3, -0.25) is 0 Å². The zero-order valence-electron chi connectivity index (χ0n) is 10.8. The highest BCUT2D eigenvalue weighted by atomic mass is 16.6. The first-order valence-electron chi connectivity index (χ1n) is 6.97. The number of esters is 1. The molecule has 0 radical (unpaired) electrons. The van der Waals surface area contributed by atoms with E-state index in [0.29, 0.717) is 11.8 Å². The van der Waals surface area contributed by atoms with E-state index < -0.39 is 0 Å². The molecule has 17 heavy (non-hydrogen) atoms. The molecule has 0 aromatic heterocycles. The van der Waals surface area contributed by atoms with Crippen molar-refractivity contribution in [3.05, 3.63) is 12.2 Å². The summed E-state index contributed by atoms with van der Waals surface area (Å²) < 4.78 is 5.83. The number of hydrogen-bond donors (Lipinski definition) is 0. The van der Waals surface area contributed by atoms with Gasteiger partial charge in [-0.1, -0.05) is 6.08 Å². The fourth-order valence-corrected chi connectivity index (χ4v) is 4.67. The fourth-order valence-electron chi connectivity index (χ4n) is 4.67. The van der Waals surface area contributed by atoms with Gasteiger partial charge in [0, 0.05) is 6.08 Å². The van der Waals surface area contributed by atoms with Gasteiger partial charge < -0.3 is 4.74 Å². The van der Waals surface area contributed by atoms with Crippen molar-refractivity contribution >= 4 is 5.97 Å². The Hall–Kier alpha value is -0.790. The molecule has 4 aliphatic rings. The van der Waals surface area contributed by atoms with E-state index in [-0.39, 0.29) is 11.6 Å². The van der Waals surface area contributed by atoms with Gasteiger partial charge in [0.25, 0.3) is 0 Å². The van der Waals surface area contributed by atoms with E-state index in [1.54, 1.807) is 12.2 Å². The molecule has 0 aliphatic heterocycles. The summed E-state index contributed by atoms with van der Waals surface area (Å²) in [4.78, 5) is 11.7. The predicted molar refractivity (Wildman–Crippen MR) is 66.4 cm³/mol. The number of ether oxygens (including phenoxy) is 1. The Morgan fingerprint density at radius 2 is 1.65 bits per heavy atom. The predicted octanol–water partition coefficient (Wildman–Crippen LogP) is 3.32. The van der Waals surface area contributed by atoms with Crippen molar-refractivity contribution < 1.29 is 9.53 Å². The van der Waals surface area contributed by atoms with Crippen LogP contribution in [0.1, 0.15) is 46.0 Å². The van der Waals surface area contributed by atoms with Crippen LogP contribution in [0.15, 0.2) is 12.2 Å². The Morgan fingerprint density at radius 1 is 1.12 bits per heavy atom. The summed E-state index contributed by atoms with van der Waals surface area (Å²) in [6.45, 7) is 4.04. The Morgan fingerprint density at radius 3 is 2.12 bits per heavy atom. The average Bonchev–Trinajstić information content (AvgIpc) is 2.25. The molecule has 4 aliphatic carbocycles. The number of hydrogen-bond acceptors (Lipinski definition) is 2. The molecule has 94 valence electrons. The molecule has 4 saturated carbocycles. The van der Waals surface area contributed by atoms with Gasteiger partial charge in [0.1, 0.15) is 5.60 Å². The summed E-state index contributed by atoms with van der Waals surface area (Å²) in [5.74, 6) is 2.93. The SMILES string of the molecule is CC=CC(=O)OC1(C)C2CC3CC(C2)CC1C3. The first-order valence-corrected chi connectivity index (χ1v) is 6.97. The van der Waals surface area contributed by atoms with Crippen molar-refractivity contribution in [2.24, 2.45) is 23.7 Å². The molecule has 2 nitrogen and oxygen atoms in total. The number of carbonyl (C=O) groups excluding carboxylic acids is 1. The Labute approximate surface area is 103 Å². The van der Waals surface area contributed by atoms with Crippen LogP contribution in [0.5, 0.6) is 0 Å². The highest BCUT2D eigenvalue weighted by Gasteiger charge is 2.56. The number of carbonyl (C=O) groups is 1. The highest BCUT2D eigenvalue weighted by Crippen LogP contribution is 2.59. The van der Waals surface area contributed by atoms with Crippen LogP contribution in [-0.2, 0) is 9.53 Å². The van der Waals surface area contributed by atoms with E-state index in [0.717, 1.165) is 11.8 Å². The van der Waals surface area contributed by atoms with Crippen LogP contribution in [0.4, 0.5) is 0 Å². The molecular weight excluding hydrogens is 212 g/mol. The Balaban J connectivity index is 1.80. The highest BCUT2D eigenvalue weighted by molar-refractivity contribution is 5.82. The molecule has 2 heteroatoms. The summed E-state index contributed by atoms with van der Waals surface area (Å²) in [6.07, 6.45) is 9.89. The maximum atomic E-state index is 11.7. The smallest absolute Gasteiger partial charge is 0.330 e. The van der Waals surface area contributed by atoms with Crippen LogP contribution in [0.3, 0.4) is 0 Å². The van der Waals surface area contributed by atoms with Gasteiger partial charge in [0.15, 0.2) is 0 Å². The first-order chi connectivity index (χ1) is 8.11. The Kier molecular flexibility index (Phi) is 2.57. The second kappa shape index (κ2) is 3.86. The molecule has 0 N–H and O–H groups in total.